The largest absolute Gasteiger partial charge is 0.341 e. The molecule has 0 unspecified atom stereocenters. The van der Waals surface area contributed by atoms with Crippen LogP contribution in [0.4, 0.5) is 5.95 Å². The fraction of sp³-hybridized carbons (Fsp3) is 0.304. The Labute approximate surface area is 205 Å². The van der Waals surface area contributed by atoms with Crippen molar-refractivity contribution in [2.24, 2.45) is 0 Å². The first-order chi connectivity index (χ1) is 16.1. The number of carbonyl (C=O) groups is 1. The van der Waals surface area contributed by atoms with Crippen LogP contribution in [0.25, 0.3) is 15.9 Å². The van der Waals surface area contributed by atoms with Crippen molar-refractivity contribution in [3.63, 3.8) is 0 Å². The maximum Gasteiger partial charge on any atom is 0.233 e. The molecule has 10 heteroatoms. The number of fused-ring (bicyclic) bond motifs is 1. The van der Waals surface area contributed by atoms with Crippen molar-refractivity contribution >= 4 is 56.8 Å². The summed E-state index contributed by atoms with van der Waals surface area (Å²) in [6, 6.07) is 15.7. The van der Waals surface area contributed by atoms with Gasteiger partial charge in [0.05, 0.1) is 33.2 Å². The Balaban J connectivity index is 1.32. The Hall–Kier alpha value is -2.62. The van der Waals surface area contributed by atoms with Crippen LogP contribution in [0.5, 0.6) is 0 Å². The van der Waals surface area contributed by atoms with Crippen LogP contribution in [0.15, 0.2) is 53.7 Å². The second-order valence-corrected chi connectivity index (χ2v) is 10.3. The molecule has 170 valence electrons. The fourth-order valence-electron chi connectivity index (χ4n) is 3.84. The highest BCUT2D eigenvalue weighted by Gasteiger charge is 2.24. The molecule has 1 aliphatic heterocycles. The number of aromatic nitrogens is 4. The third kappa shape index (κ3) is 4.71. The summed E-state index contributed by atoms with van der Waals surface area (Å²) in [6.07, 6.45) is 2.26. The minimum absolute atomic E-state index is 0.00990. The normalized spacial score (nSPS) is 13.7. The van der Waals surface area contributed by atoms with Crippen molar-refractivity contribution in [3.05, 3.63) is 58.6 Å². The topological polar surface area (TPSA) is 67.2 Å². The summed E-state index contributed by atoms with van der Waals surface area (Å²) in [5, 5.41) is 11.1. The first-order valence-electron chi connectivity index (χ1n) is 10.8. The van der Waals surface area contributed by atoms with E-state index in [2.05, 4.69) is 20.1 Å². The number of benzene rings is 2. The number of hydrogen-bond donors (Lipinski definition) is 0. The SMILES string of the molecule is CN(Cc1nc2ccccc2s1)C(=O)CSc1nnc(N2CCCC2)n1-c1ccccc1Cl. The average molecular weight is 499 g/mol. The second-order valence-electron chi connectivity index (χ2n) is 7.88. The number of nitrogens with zero attached hydrogens (tertiary/aromatic N) is 6. The van der Waals surface area contributed by atoms with Gasteiger partial charge in [0.2, 0.25) is 11.9 Å². The smallest absolute Gasteiger partial charge is 0.233 e. The van der Waals surface area contributed by atoms with Crippen molar-refractivity contribution in [2.75, 3.05) is 30.8 Å². The van der Waals surface area contributed by atoms with Gasteiger partial charge in [0.15, 0.2) is 5.16 Å². The van der Waals surface area contributed by atoms with E-state index in [0.717, 1.165) is 52.8 Å². The summed E-state index contributed by atoms with van der Waals surface area (Å²) in [5.41, 5.74) is 1.79. The fourth-order valence-corrected chi connectivity index (χ4v) is 5.96. The predicted molar refractivity (Wildman–Crippen MR) is 135 cm³/mol. The van der Waals surface area contributed by atoms with Crippen molar-refractivity contribution in [1.29, 1.82) is 0 Å². The Bertz CT molecular complexity index is 1250. The van der Waals surface area contributed by atoms with E-state index in [1.165, 1.54) is 11.8 Å². The first kappa shape index (κ1) is 22.2. The van der Waals surface area contributed by atoms with Gasteiger partial charge in [-0.15, -0.1) is 21.5 Å². The summed E-state index contributed by atoms with van der Waals surface area (Å²) in [4.78, 5) is 21.5. The molecule has 1 fully saturated rings. The zero-order valence-electron chi connectivity index (χ0n) is 18.1. The van der Waals surface area contributed by atoms with Crippen LogP contribution in [0, 0.1) is 0 Å². The van der Waals surface area contributed by atoms with Gasteiger partial charge in [-0.25, -0.2) is 4.98 Å². The van der Waals surface area contributed by atoms with Gasteiger partial charge in [-0.3, -0.25) is 9.36 Å². The van der Waals surface area contributed by atoms with Gasteiger partial charge >= 0.3 is 0 Å². The molecule has 2 aromatic heterocycles. The molecule has 0 aliphatic carbocycles. The number of carbonyl (C=O) groups excluding carboxylic acids is 1. The van der Waals surface area contributed by atoms with Crippen molar-refractivity contribution in [3.8, 4) is 5.69 Å². The number of thioether (sulfide) groups is 1. The van der Waals surface area contributed by atoms with Gasteiger partial charge in [0, 0.05) is 20.1 Å². The first-order valence-corrected chi connectivity index (χ1v) is 12.9. The van der Waals surface area contributed by atoms with Gasteiger partial charge in [-0.05, 0) is 37.1 Å². The summed E-state index contributed by atoms with van der Waals surface area (Å²) >= 11 is 9.51. The maximum atomic E-state index is 12.9. The zero-order valence-corrected chi connectivity index (χ0v) is 20.5. The number of rotatable bonds is 7. The molecule has 33 heavy (non-hydrogen) atoms. The molecule has 5 rings (SSSR count). The van der Waals surface area contributed by atoms with E-state index in [4.69, 9.17) is 11.6 Å². The van der Waals surface area contributed by atoms with Crippen molar-refractivity contribution in [2.45, 2.75) is 24.5 Å². The lowest BCUT2D eigenvalue weighted by molar-refractivity contribution is -0.127. The van der Waals surface area contributed by atoms with E-state index in [0.29, 0.717) is 16.7 Å². The Morgan fingerprint density at radius 2 is 1.88 bits per heavy atom. The van der Waals surface area contributed by atoms with E-state index < -0.39 is 0 Å². The second kappa shape index (κ2) is 9.70. The monoisotopic (exact) mass is 498 g/mol. The third-order valence-corrected chi connectivity index (χ3v) is 7.81. The molecule has 1 aliphatic rings. The van der Waals surface area contributed by atoms with Gasteiger partial charge in [0.25, 0.3) is 0 Å². The summed E-state index contributed by atoms with van der Waals surface area (Å²) in [6.45, 7) is 2.36. The van der Waals surface area contributed by atoms with Gasteiger partial charge in [0.1, 0.15) is 5.01 Å². The Morgan fingerprint density at radius 3 is 2.67 bits per heavy atom. The summed E-state index contributed by atoms with van der Waals surface area (Å²) in [5.74, 6) is 1.04. The molecule has 0 radical (unpaired) electrons. The molecule has 1 amide bonds. The highest BCUT2D eigenvalue weighted by Crippen LogP contribution is 2.32. The Kier molecular flexibility index (Phi) is 6.52. The minimum atomic E-state index is 0.00990. The molecule has 1 saturated heterocycles. The molecule has 4 aromatic rings. The average Bonchev–Trinajstić information content (AvgIpc) is 3.56. The minimum Gasteiger partial charge on any atom is -0.341 e. The summed E-state index contributed by atoms with van der Waals surface area (Å²) < 4.78 is 3.10. The van der Waals surface area contributed by atoms with Crippen molar-refractivity contribution in [1.82, 2.24) is 24.6 Å². The summed E-state index contributed by atoms with van der Waals surface area (Å²) in [7, 11) is 1.81. The van der Waals surface area contributed by atoms with Gasteiger partial charge < -0.3 is 9.80 Å². The van der Waals surface area contributed by atoms with E-state index in [1.54, 1.807) is 16.2 Å². The molecular weight excluding hydrogens is 476 g/mol. The Morgan fingerprint density at radius 1 is 1.12 bits per heavy atom. The quantitative estimate of drug-likeness (QED) is 0.338. The molecule has 0 atom stereocenters. The molecule has 0 spiro atoms. The lowest BCUT2D eigenvalue weighted by Crippen LogP contribution is -2.28. The van der Waals surface area contributed by atoms with Gasteiger partial charge in [-0.1, -0.05) is 47.6 Å². The highest BCUT2D eigenvalue weighted by atomic mass is 35.5. The maximum absolute atomic E-state index is 12.9. The molecule has 0 N–H and O–H groups in total. The predicted octanol–water partition coefficient (Wildman–Crippen LogP) is 4.88. The lowest BCUT2D eigenvalue weighted by Gasteiger charge is -2.19. The highest BCUT2D eigenvalue weighted by molar-refractivity contribution is 7.99. The van der Waals surface area contributed by atoms with Crippen LogP contribution in [0.2, 0.25) is 5.02 Å². The number of para-hydroxylation sites is 2. The van der Waals surface area contributed by atoms with Crippen LogP contribution in [-0.4, -0.2) is 56.4 Å². The lowest BCUT2D eigenvalue weighted by atomic mass is 10.3. The molecular formula is C23H23ClN6OS2. The molecule has 0 saturated carbocycles. The van der Waals surface area contributed by atoms with Crippen molar-refractivity contribution < 1.29 is 4.79 Å². The van der Waals surface area contributed by atoms with Crippen LogP contribution < -0.4 is 4.90 Å². The van der Waals surface area contributed by atoms with E-state index in [-0.39, 0.29) is 11.7 Å². The number of hydrogen-bond acceptors (Lipinski definition) is 7. The molecule has 2 aromatic carbocycles. The van der Waals surface area contributed by atoms with Crippen LogP contribution in [0.1, 0.15) is 17.8 Å². The number of amides is 1. The van der Waals surface area contributed by atoms with E-state index in [9.17, 15) is 4.79 Å². The standard InChI is InChI=1S/C23H23ClN6OS2/c1-28(14-20-25-17-9-3-5-11-19(17)33-20)21(31)15-32-23-27-26-22(29-12-6-7-13-29)30(23)18-10-4-2-8-16(18)24/h2-5,8-11H,6-7,12-15H2,1H3. The van der Waals surface area contributed by atoms with Crippen LogP contribution >= 0.6 is 34.7 Å². The van der Waals surface area contributed by atoms with Crippen LogP contribution in [0.3, 0.4) is 0 Å². The van der Waals surface area contributed by atoms with Gasteiger partial charge in [-0.2, -0.15) is 0 Å². The number of thiazole rings is 1. The molecule has 0 bridgehead atoms. The van der Waals surface area contributed by atoms with E-state index in [1.807, 2.05) is 60.1 Å². The molecule has 3 heterocycles. The van der Waals surface area contributed by atoms with E-state index >= 15 is 0 Å². The number of anilines is 1. The van der Waals surface area contributed by atoms with Crippen LogP contribution in [-0.2, 0) is 11.3 Å². The number of halogens is 1. The molecule has 7 nitrogen and oxygen atoms in total. The zero-order chi connectivity index (χ0) is 22.8. The third-order valence-electron chi connectivity index (χ3n) is 5.56.